The molecule has 0 fully saturated rings. The molecular formula is C18H12BrIN2O5. The zero-order valence-corrected chi connectivity index (χ0v) is 17.4. The lowest BCUT2D eigenvalue weighted by Crippen LogP contribution is -2.16. The number of fused-ring (bicyclic) bond motifs is 1. The molecule has 0 atom stereocenters. The summed E-state index contributed by atoms with van der Waals surface area (Å²) in [4.78, 5) is 22.8. The summed E-state index contributed by atoms with van der Waals surface area (Å²) in [5.41, 5.74) is 3.73. The zero-order chi connectivity index (χ0) is 19.4. The first-order valence-corrected chi connectivity index (χ1v) is 9.47. The summed E-state index contributed by atoms with van der Waals surface area (Å²) in [6, 6.07) is 12.4. The number of amides is 1. The quantitative estimate of drug-likeness (QED) is 0.278. The van der Waals surface area contributed by atoms with Crippen LogP contribution in [0.25, 0.3) is 11.0 Å². The number of hydrogen-bond acceptors (Lipinski definition) is 5. The summed E-state index contributed by atoms with van der Waals surface area (Å²) in [6.45, 7) is -0.435. The number of nitrogens with one attached hydrogen (secondary N) is 1. The SMILES string of the molecule is O=C(O)COc1c(Br)cc(/C=N/NC(=O)c2cc3ccccc3o2)cc1I. The minimum Gasteiger partial charge on any atom is -0.480 e. The Kier molecular flexibility index (Phi) is 6.11. The van der Waals surface area contributed by atoms with Crippen molar-refractivity contribution in [3.8, 4) is 5.75 Å². The van der Waals surface area contributed by atoms with Crippen molar-refractivity contribution in [3.05, 3.63) is 61.8 Å². The van der Waals surface area contributed by atoms with E-state index < -0.39 is 18.5 Å². The van der Waals surface area contributed by atoms with Crippen LogP contribution in [-0.4, -0.2) is 29.8 Å². The molecule has 7 nitrogen and oxygen atoms in total. The molecule has 9 heteroatoms. The van der Waals surface area contributed by atoms with Crippen LogP contribution in [0.3, 0.4) is 0 Å². The minimum absolute atomic E-state index is 0.168. The number of ether oxygens (including phenoxy) is 1. The van der Waals surface area contributed by atoms with Gasteiger partial charge >= 0.3 is 11.9 Å². The summed E-state index contributed by atoms with van der Waals surface area (Å²) in [7, 11) is 0. The van der Waals surface area contributed by atoms with Crippen LogP contribution in [0.5, 0.6) is 5.75 Å². The second-order valence-electron chi connectivity index (χ2n) is 5.34. The minimum atomic E-state index is -1.06. The van der Waals surface area contributed by atoms with E-state index in [0.29, 0.717) is 24.9 Å². The van der Waals surface area contributed by atoms with Gasteiger partial charge in [-0.1, -0.05) is 18.2 Å². The van der Waals surface area contributed by atoms with Gasteiger partial charge in [-0.2, -0.15) is 5.10 Å². The number of carbonyl (C=O) groups is 2. The Bertz CT molecular complexity index is 991. The van der Waals surface area contributed by atoms with Crippen LogP contribution in [-0.2, 0) is 4.79 Å². The molecule has 0 unspecified atom stereocenters. The molecule has 2 aromatic carbocycles. The van der Waals surface area contributed by atoms with Crippen LogP contribution >= 0.6 is 38.5 Å². The number of hydrogen-bond donors (Lipinski definition) is 2. The molecule has 2 N–H and O–H groups in total. The number of para-hydroxylation sites is 1. The molecule has 27 heavy (non-hydrogen) atoms. The van der Waals surface area contributed by atoms with Crippen molar-refractivity contribution in [2.75, 3.05) is 6.61 Å². The van der Waals surface area contributed by atoms with E-state index in [9.17, 15) is 9.59 Å². The Morgan fingerprint density at radius 2 is 2.07 bits per heavy atom. The van der Waals surface area contributed by atoms with Crippen molar-refractivity contribution < 1.29 is 23.8 Å². The lowest BCUT2D eigenvalue weighted by atomic mass is 10.2. The highest BCUT2D eigenvalue weighted by atomic mass is 127. The largest absolute Gasteiger partial charge is 0.480 e. The van der Waals surface area contributed by atoms with Crippen molar-refractivity contribution in [3.63, 3.8) is 0 Å². The molecule has 1 amide bonds. The van der Waals surface area contributed by atoms with Gasteiger partial charge in [0.2, 0.25) is 0 Å². The number of hydrazone groups is 1. The summed E-state index contributed by atoms with van der Waals surface area (Å²) in [5.74, 6) is -0.919. The van der Waals surface area contributed by atoms with Gasteiger partial charge in [0.05, 0.1) is 14.3 Å². The summed E-state index contributed by atoms with van der Waals surface area (Å²) >= 11 is 5.37. The fourth-order valence-corrected chi connectivity index (χ4v) is 4.01. The average molecular weight is 543 g/mol. The fraction of sp³-hybridized carbons (Fsp3) is 0.0556. The third-order valence-corrected chi connectivity index (χ3v) is 4.78. The Hall–Kier alpha value is -2.40. The Balaban J connectivity index is 1.68. The van der Waals surface area contributed by atoms with Crippen LogP contribution in [0, 0.1) is 3.57 Å². The molecule has 0 aliphatic heterocycles. The van der Waals surface area contributed by atoms with Crippen LogP contribution < -0.4 is 10.2 Å². The Labute approximate surface area is 175 Å². The molecule has 0 spiro atoms. The van der Waals surface area contributed by atoms with Gasteiger partial charge in [-0.05, 0) is 68.3 Å². The molecule has 0 saturated heterocycles. The predicted octanol–water partition coefficient (Wildman–Crippen LogP) is 4.03. The fourth-order valence-electron chi connectivity index (χ4n) is 2.24. The molecule has 0 aliphatic rings. The third-order valence-electron chi connectivity index (χ3n) is 3.39. The monoisotopic (exact) mass is 542 g/mol. The van der Waals surface area contributed by atoms with E-state index in [1.54, 1.807) is 24.3 Å². The number of benzene rings is 2. The van der Waals surface area contributed by atoms with Crippen molar-refractivity contribution in [2.45, 2.75) is 0 Å². The first kappa shape index (κ1) is 19.4. The van der Waals surface area contributed by atoms with Gasteiger partial charge in [0.25, 0.3) is 0 Å². The van der Waals surface area contributed by atoms with Crippen LogP contribution in [0.1, 0.15) is 16.1 Å². The maximum atomic E-state index is 12.1. The van der Waals surface area contributed by atoms with Gasteiger partial charge in [0, 0.05) is 5.39 Å². The third kappa shape index (κ3) is 4.86. The summed E-state index contributed by atoms with van der Waals surface area (Å²) in [6.07, 6.45) is 1.47. The number of furan rings is 1. The molecule has 0 radical (unpaired) electrons. The van der Waals surface area contributed by atoms with Gasteiger partial charge in [0.1, 0.15) is 11.3 Å². The highest BCUT2D eigenvalue weighted by molar-refractivity contribution is 14.1. The van der Waals surface area contributed by atoms with Crippen LogP contribution in [0.4, 0.5) is 0 Å². The van der Waals surface area contributed by atoms with Crippen LogP contribution in [0.2, 0.25) is 0 Å². The lowest BCUT2D eigenvalue weighted by molar-refractivity contribution is -0.139. The van der Waals surface area contributed by atoms with E-state index in [1.807, 2.05) is 40.8 Å². The summed E-state index contributed by atoms with van der Waals surface area (Å²) in [5, 5.41) is 13.5. The van der Waals surface area contributed by atoms with E-state index in [2.05, 4.69) is 26.5 Å². The number of halogens is 2. The highest BCUT2D eigenvalue weighted by Gasteiger charge is 2.12. The zero-order valence-electron chi connectivity index (χ0n) is 13.6. The molecule has 0 bridgehead atoms. The normalized spacial score (nSPS) is 11.0. The van der Waals surface area contributed by atoms with E-state index in [-0.39, 0.29) is 5.76 Å². The number of carbonyl (C=O) groups excluding carboxylic acids is 1. The Morgan fingerprint density at radius 1 is 1.30 bits per heavy atom. The molecule has 0 aliphatic carbocycles. The van der Waals surface area contributed by atoms with Gasteiger partial charge < -0.3 is 14.3 Å². The van der Waals surface area contributed by atoms with E-state index in [4.69, 9.17) is 14.3 Å². The maximum Gasteiger partial charge on any atom is 0.341 e. The smallest absolute Gasteiger partial charge is 0.341 e. The van der Waals surface area contributed by atoms with Crippen molar-refractivity contribution in [2.24, 2.45) is 5.10 Å². The lowest BCUT2D eigenvalue weighted by Gasteiger charge is -2.09. The first-order valence-electron chi connectivity index (χ1n) is 7.59. The van der Waals surface area contributed by atoms with Gasteiger partial charge in [0.15, 0.2) is 12.4 Å². The second-order valence-corrected chi connectivity index (χ2v) is 7.36. The number of rotatable bonds is 6. The number of carboxylic acid groups (broad SMARTS) is 1. The molecule has 0 saturated carbocycles. The van der Waals surface area contributed by atoms with Gasteiger partial charge in [-0.25, -0.2) is 10.2 Å². The average Bonchev–Trinajstić information content (AvgIpc) is 3.05. The second kappa shape index (κ2) is 8.53. The van der Waals surface area contributed by atoms with Crippen LogP contribution in [0.15, 0.2) is 56.5 Å². The first-order chi connectivity index (χ1) is 12.9. The number of nitrogens with zero attached hydrogens (tertiary/aromatic N) is 1. The maximum absolute atomic E-state index is 12.1. The van der Waals surface area contributed by atoms with E-state index >= 15 is 0 Å². The predicted molar refractivity (Wildman–Crippen MR) is 111 cm³/mol. The number of carboxylic acids is 1. The molecule has 138 valence electrons. The number of aliphatic carboxylic acids is 1. The molecule has 1 aromatic heterocycles. The molecule has 3 rings (SSSR count). The van der Waals surface area contributed by atoms with E-state index in [0.717, 1.165) is 5.39 Å². The van der Waals surface area contributed by atoms with E-state index in [1.165, 1.54) is 6.21 Å². The molecule has 1 heterocycles. The molecule has 3 aromatic rings. The van der Waals surface area contributed by atoms with Crippen molar-refractivity contribution in [1.29, 1.82) is 0 Å². The van der Waals surface area contributed by atoms with Crippen molar-refractivity contribution in [1.82, 2.24) is 5.43 Å². The topological polar surface area (TPSA) is 101 Å². The molecular weight excluding hydrogens is 531 g/mol. The highest BCUT2D eigenvalue weighted by Crippen LogP contribution is 2.31. The Morgan fingerprint density at radius 3 is 2.78 bits per heavy atom. The van der Waals surface area contributed by atoms with Gasteiger partial charge in [-0.15, -0.1) is 0 Å². The van der Waals surface area contributed by atoms with Crippen molar-refractivity contribution >= 4 is 67.6 Å². The summed E-state index contributed by atoms with van der Waals surface area (Å²) < 4.78 is 12.0. The standard InChI is InChI=1S/C18H12BrIN2O5/c19-12-5-10(6-13(20)17(12)26-9-16(23)24)8-21-22-18(25)15-7-11-3-1-2-4-14(11)27-15/h1-8H,9H2,(H,22,25)(H,23,24)/b21-8+. The van der Waals surface area contributed by atoms with Gasteiger partial charge in [-0.3, -0.25) is 4.79 Å².